The van der Waals surface area contributed by atoms with Crippen molar-refractivity contribution in [2.75, 3.05) is 37.5 Å². The summed E-state index contributed by atoms with van der Waals surface area (Å²) >= 11 is 0. The van der Waals surface area contributed by atoms with Crippen molar-refractivity contribution in [3.63, 3.8) is 0 Å². The van der Waals surface area contributed by atoms with Gasteiger partial charge in [0.1, 0.15) is 20.2 Å². The summed E-state index contributed by atoms with van der Waals surface area (Å²) in [7, 11) is -4.12. The zero-order valence-corrected chi connectivity index (χ0v) is 28.3. The van der Waals surface area contributed by atoms with Crippen molar-refractivity contribution in [1.29, 1.82) is 0 Å². The predicted molar refractivity (Wildman–Crippen MR) is 164 cm³/mol. The summed E-state index contributed by atoms with van der Waals surface area (Å²) in [5, 5.41) is 0. The molecule has 0 amide bonds. The minimum Gasteiger partial charge on any atom is -0.744 e. The van der Waals surface area contributed by atoms with Crippen LogP contribution in [0.2, 0.25) is 0 Å². The van der Waals surface area contributed by atoms with E-state index >= 15 is 0 Å². The van der Waals surface area contributed by atoms with Gasteiger partial charge in [-0.05, 0) is 83.3 Å². The van der Waals surface area contributed by atoms with Crippen molar-refractivity contribution in [1.82, 2.24) is 0 Å². The maximum Gasteiger partial charge on any atom is 1.00 e. The molecule has 0 bridgehead atoms. The van der Waals surface area contributed by atoms with Crippen molar-refractivity contribution in [3.8, 4) is 0 Å². The molecule has 0 fully saturated rings. The Morgan fingerprint density at radius 2 is 1.42 bits per heavy atom. The third-order valence-corrected chi connectivity index (χ3v) is 8.40. The Morgan fingerprint density at radius 1 is 0.791 bits per heavy atom. The quantitative estimate of drug-likeness (QED) is 0.258. The first kappa shape index (κ1) is 34.5. The number of hydrogen-bond donors (Lipinski definition) is 0. The molecule has 0 aliphatic heterocycles. The van der Waals surface area contributed by atoms with Crippen molar-refractivity contribution >= 4 is 42.9 Å². The molecular weight excluding hydrogens is 597 g/mol. The van der Waals surface area contributed by atoms with Gasteiger partial charge in [0.15, 0.2) is 0 Å². The van der Waals surface area contributed by atoms with Gasteiger partial charge in [0.25, 0.3) is 0 Å². The van der Waals surface area contributed by atoms with Gasteiger partial charge in [-0.3, -0.25) is 4.99 Å². The molecule has 12 heteroatoms. The second kappa shape index (κ2) is 14.2. The van der Waals surface area contributed by atoms with E-state index in [4.69, 9.17) is 0 Å². The van der Waals surface area contributed by atoms with E-state index in [1.54, 1.807) is 37.2 Å². The van der Waals surface area contributed by atoms with Crippen LogP contribution in [0, 0.1) is 0 Å². The van der Waals surface area contributed by atoms with Crippen LogP contribution < -0.4 is 39.4 Å². The summed E-state index contributed by atoms with van der Waals surface area (Å²) in [5.74, 6) is 0. The van der Waals surface area contributed by atoms with Crippen molar-refractivity contribution in [2.45, 2.75) is 23.3 Å². The molecule has 9 nitrogen and oxygen atoms in total. The fourth-order valence-electron chi connectivity index (χ4n) is 4.70. The number of allylic oxidation sites excluding steroid dienone is 5. The van der Waals surface area contributed by atoms with Gasteiger partial charge in [0.05, 0.1) is 21.2 Å². The Bertz CT molecular complexity index is 1810. The van der Waals surface area contributed by atoms with E-state index < -0.39 is 20.2 Å². The van der Waals surface area contributed by atoms with Gasteiger partial charge in [0, 0.05) is 39.9 Å². The number of anilines is 2. The molecule has 0 heterocycles. The molecule has 0 N–H and O–H groups in total. The average molecular weight is 629 g/mol. The molecule has 0 radical (unpaired) electrons. The van der Waals surface area contributed by atoms with Crippen LogP contribution in [0.5, 0.6) is 0 Å². The monoisotopic (exact) mass is 628 g/mol. The molecule has 0 aromatic heterocycles. The molecule has 0 atom stereocenters. The SMILES string of the molecule is CCN=C1C=CC(=C(c2ccc(N(C)Cc3cccc(S(=O)(=O)[O-])c3)cc2)c2ccc(N(C)C)c(S(=O)(=O)[O-])c2)C=C1.[Na+]. The second-order valence-corrected chi connectivity index (χ2v) is 12.7. The third kappa shape index (κ3) is 8.54. The first-order valence-corrected chi connectivity index (χ1v) is 15.9. The van der Waals surface area contributed by atoms with Gasteiger partial charge in [-0.2, -0.15) is 0 Å². The number of nitrogens with zero attached hydrogens (tertiary/aromatic N) is 3. The Morgan fingerprint density at radius 3 is 1.98 bits per heavy atom. The predicted octanol–water partition coefficient (Wildman–Crippen LogP) is 1.59. The van der Waals surface area contributed by atoms with E-state index in [9.17, 15) is 25.9 Å². The molecule has 0 unspecified atom stereocenters. The van der Waals surface area contributed by atoms with Crippen molar-refractivity contribution in [3.05, 3.63) is 113 Å². The van der Waals surface area contributed by atoms with Gasteiger partial charge >= 0.3 is 29.6 Å². The van der Waals surface area contributed by atoms with E-state index in [0.717, 1.165) is 28.1 Å². The summed E-state index contributed by atoms with van der Waals surface area (Å²) < 4.78 is 70.9. The molecule has 0 saturated heterocycles. The maximum absolute atomic E-state index is 12.2. The summed E-state index contributed by atoms with van der Waals surface area (Å²) in [6.07, 6.45) is 7.59. The van der Waals surface area contributed by atoms with E-state index in [1.165, 1.54) is 24.3 Å². The molecule has 1 aliphatic rings. The molecule has 0 saturated carbocycles. The summed E-state index contributed by atoms with van der Waals surface area (Å²) in [6.45, 7) is 2.95. The van der Waals surface area contributed by atoms with Crippen LogP contribution >= 0.6 is 0 Å². The van der Waals surface area contributed by atoms with Crippen LogP contribution in [-0.4, -0.2) is 59.3 Å². The van der Waals surface area contributed by atoms with Crippen molar-refractivity contribution < 1.29 is 55.5 Å². The number of hydrogen-bond acceptors (Lipinski definition) is 9. The fraction of sp³-hybridized carbons (Fsp3) is 0.194. The summed E-state index contributed by atoms with van der Waals surface area (Å²) in [5.41, 5.74) is 5.51. The van der Waals surface area contributed by atoms with E-state index in [2.05, 4.69) is 4.99 Å². The Kier molecular flexibility index (Phi) is 11.4. The zero-order chi connectivity index (χ0) is 30.7. The normalized spacial score (nSPS) is 13.0. The minimum atomic E-state index is -4.76. The molecular formula is C31H31N3NaO6S2-. The topological polar surface area (TPSA) is 133 Å². The third-order valence-electron chi connectivity index (χ3n) is 6.70. The molecule has 0 spiro atoms. The maximum atomic E-state index is 12.2. The minimum absolute atomic E-state index is 0. The largest absolute Gasteiger partial charge is 1.00 e. The standard InChI is InChI=1S/C31H33N3O6S2.Na/c1-5-32-26-14-9-23(10-15-26)31(25-13-18-29(33(2)3)30(20-25)42(38,39)40)24-11-16-27(17-12-24)34(4)21-22-7-6-8-28(19-22)41(35,36)37;/h6-20H,5,21H2,1-4H3,(H,35,36,37)(H,38,39,40);/q;+1/p-2. The molecule has 1 aliphatic carbocycles. The van der Waals surface area contributed by atoms with Crippen LogP contribution in [0.1, 0.15) is 23.6 Å². The van der Waals surface area contributed by atoms with E-state index in [1.807, 2.05) is 67.4 Å². The Labute approximate surface area is 275 Å². The summed E-state index contributed by atoms with van der Waals surface area (Å²) in [6, 6.07) is 18.3. The fourth-order valence-corrected chi connectivity index (χ4v) is 6.02. The first-order chi connectivity index (χ1) is 19.8. The van der Waals surface area contributed by atoms with Crippen LogP contribution in [0.4, 0.5) is 11.4 Å². The van der Waals surface area contributed by atoms with Crippen LogP contribution in [0.25, 0.3) is 5.57 Å². The molecule has 43 heavy (non-hydrogen) atoms. The van der Waals surface area contributed by atoms with Crippen LogP contribution in [0.3, 0.4) is 0 Å². The van der Waals surface area contributed by atoms with Crippen molar-refractivity contribution in [2.24, 2.45) is 4.99 Å². The van der Waals surface area contributed by atoms with Gasteiger partial charge in [-0.15, -0.1) is 0 Å². The zero-order valence-electron chi connectivity index (χ0n) is 24.7. The Hall–Kier alpha value is -3.03. The van der Waals surface area contributed by atoms with Gasteiger partial charge < -0.3 is 18.9 Å². The number of rotatable bonds is 9. The van der Waals surface area contributed by atoms with Crippen LogP contribution in [-0.2, 0) is 26.8 Å². The molecule has 4 rings (SSSR count). The van der Waals surface area contributed by atoms with Gasteiger partial charge in [0.2, 0.25) is 0 Å². The average Bonchev–Trinajstić information content (AvgIpc) is 2.94. The van der Waals surface area contributed by atoms with Gasteiger partial charge in [-0.25, -0.2) is 16.8 Å². The summed E-state index contributed by atoms with van der Waals surface area (Å²) in [4.78, 5) is 7.34. The second-order valence-electron chi connectivity index (χ2n) is 9.93. The Balaban J connectivity index is 0.00000506. The number of benzene rings is 3. The smallest absolute Gasteiger partial charge is 0.744 e. The molecule has 3 aromatic rings. The number of aliphatic imine (C=N–C) groups is 1. The van der Waals surface area contributed by atoms with E-state index in [0.29, 0.717) is 29.9 Å². The van der Waals surface area contributed by atoms with Gasteiger partial charge in [-0.1, -0.05) is 42.5 Å². The van der Waals surface area contributed by atoms with E-state index in [-0.39, 0.29) is 39.3 Å². The first-order valence-electron chi connectivity index (χ1n) is 13.1. The molecule has 220 valence electrons. The van der Waals surface area contributed by atoms with Crippen LogP contribution in [0.15, 0.2) is 111 Å². The molecule has 3 aromatic carbocycles.